The van der Waals surface area contributed by atoms with Gasteiger partial charge in [-0.3, -0.25) is 19.7 Å². The highest BCUT2D eigenvalue weighted by Crippen LogP contribution is 2.34. The Labute approximate surface area is 565 Å². The quantitative estimate of drug-likeness (QED) is 0.0157. The van der Waals surface area contributed by atoms with E-state index in [1.54, 1.807) is 32.0 Å². The molecule has 4 fully saturated rings. The van der Waals surface area contributed by atoms with Crippen molar-refractivity contribution in [1.29, 1.82) is 0 Å². The molecule has 0 aromatic heterocycles. The molecule has 3 atom stereocenters. The summed E-state index contributed by atoms with van der Waals surface area (Å²) in [5, 5.41) is 5.23. The summed E-state index contributed by atoms with van der Waals surface area (Å²) in [6.45, 7) is 12.8. The van der Waals surface area contributed by atoms with Crippen molar-refractivity contribution in [3.8, 4) is 17.2 Å². The number of ether oxygens (including phenoxy) is 4. The van der Waals surface area contributed by atoms with Crippen LogP contribution in [0, 0.1) is 35.2 Å². The standard InChI is InChI=1S/C21H29FN2O5S.C21H32FNO4S.C18H28FNO3S.C4H6O3.3H2S/c1-15(17-9-18(22)11-19(10-17)29-13-16-5-6-16)14-30(27,28)8-4-2-3-7-24-12-20(25)23-21(24)26;1-16(15-28(25,26)9-5-3-4-8-23-13-17(2)24)19-10-20(22)12-21(11-19)27-14-18-6-7-18;1-14(13-24(21,22)8-4-2-3-7-20)16-9-17(19)11-18(10-16)23-12-15-5-6-15;1-2-7-4(6)3-5;;;/h9-11,15-16H,2-8,12-14H2,1H3,(H,23,25,26);10-12,16,18,23H,3-9,13-15H2,1-2H3;9-11,14-15H,2-8,12-13,20H2,1H3;3H,2H2,1H3;3*1H2/t15-;16-;14-;;;;/m111..../s1. The molecule has 28 heteroatoms. The van der Waals surface area contributed by atoms with E-state index in [4.69, 9.17) is 19.9 Å². The number of rotatable bonds is 39. The van der Waals surface area contributed by atoms with Gasteiger partial charge in [0.25, 0.3) is 0 Å². The van der Waals surface area contributed by atoms with Crippen molar-refractivity contribution in [2.24, 2.45) is 23.5 Å². The van der Waals surface area contributed by atoms with E-state index in [2.05, 4.69) is 15.4 Å². The third-order valence-electron chi connectivity index (χ3n) is 14.9. The highest BCUT2D eigenvalue weighted by Gasteiger charge is 2.28. The lowest BCUT2D eigenvalue weighted by Crippen LogP contribution is -2.29. The normalized spacial score (nSPS) is 15.3. The predicted octanol–water partition coefficient (Wildman–Crippen LogP) is 9.69. The molecule has 1 heterocycles. The predicted molar refractivity (Wildman–Crippen MR) is 368 cm³/mol. The molecule has 1 aliphatic heterocycles. The SMILES string of the molecule is CC(=O)CNCCCCCS(=O)(=O)C[C@@H](C)c1cc(F)cc(OCC2CC2)c1.CCOC(=O)C=O.C[C@H](CS(=O)(=O)CCCCCN)c1cc(F)cc(OCC2CC2)c1.C[C@H](CS(=O)(=O)CCCCCN1CC(=O)NC1=O)c1cc(F)cc(OCC2CC2)c1.S.S.S. The molecular formula is C64H101F3N4O15S6. The van der Waals surface area contributed by atoms with Crippen LogP contribution in [0.2, 0.25) is 0 Å². The molecular weight excluding hydrogens is 1310 g/mol. The van der Waals surface area contributed by atoms with Gasteiger partial charge in [-0.2, -0.15) is 40.5 Å². The van der Waals surface area contributed by atoms with Crippen LogP contribution in [0.1, 0.15) is 165 Å². The van der Waals surface area contributed by atoms with Crippen LogP contribution in [0.25, 0.3) is 0 Å². The zero-order chi connectivity index (χ0) is 65.6. The average Bonchev–Trinajstić information content (AvgIpc) is 1.31. The van der Waals surface area contributed by atoms with Crippen molar-refractivity contribution >= 4 is 100.0 Å². The third-order valence-corrected chi connectivity index (χ3v) is 20.7. The summed E-state index contributed by atoms with van der Waals surface area (Å²) >= 11 is 0. The van der Waals surface area contributed by atoms with Crippen molar-refractivity contribution in [2.75, 3.05) is 93.7 Å². The molecule has 3 aromatic carbocycles. The largest absolute Gasteiger partial charge is 0.493 e. The Morgan fingerprint density at radius 3 is 1.27 bits per heavy atom. The molecule has 1 saturated heterocycles. The van der Waals surface area contributed by atoms with Gasteiger partial charge in [-0.1, -0.05) is 40.0 Å². The van der Waals surface area contributed by atoms with Gasteiger partial charge in [0, 0.05) is 24.7 Å². The van der Waals surface area contributed by atoms with Crippen LogP contribution in [0.5, 0.6) is 17.2 Å². The molecule has 0 radical (unpaired) electrons. The number of unbranched alkanes of at least 4 members (excludes halogenated alkanes) is 6. The zero-order valence-electron chi connectivity index (χ0n) is 54.0. The second-order valence-corrected chi connectivity index (χ2v) is 30.7. The van der Waals surface area contributed by atoms with Gasteiger partial charge < -0.3 is 34.9 Å². The van der Waals surface area contributed by atoms with E-state index in [1.807, 2.05) is 13.8 Å². The number of imide groups is 1. The maximum Gasteiger partial charge on any atom is 0.371 e. The first kappa shape index (κ1) is 85.4. The number of esters is 1. The number of sulfone groups is 3. The fourth-order valence-electron chi connectivity index (χ4n) is 9.33. The first-order valence-electron chi connectivity index (χ1n) is 31.2. The molecule has 3 aliphatic carbocycles. The number of hydrogen-bond donors (Lipinski definition) is 3. The molecule has 0 unspecified atom stereocenters. The maximum atomic E-state index is 13.9. The van der Waals surface area contributed by atoms with Gasteiger partial charge in [0.2, 0.25) is 12.2 Å². The second-order valence-electron chi connectivity index (χ2n) is 24.0. The smallest absolute Gasteiger partial charge is 0.371 e. The van der Waals surface area contributed by atoms with Crippen molar-refractivity contribution in [3.63, 3.8) is 0 Å². The van der Waals surface area contributed by atoms with E-state index in [-0.39, 0.29) is 130 Å². The van der Waals surface area contributed by atoms with Crippen molar-refractivity contribution < 1.29 is 81.3 Å². The number of ketones is 1. The van der Waals surface area contributed by atoms with Crippen molar-refractivity contribution in [3.05, 3.63) is 88.7 Å². The number of carbonyl (C=O) groups excluding carboxylic acids is 5. The molecule has 19 nitrogen and oxygen atoms in total. The molecule has 524 valence electrons. The molecule has 3 saturated carbocycles. The Hall–Kier alpha value is -4.58. The maximum absolute atomic E-state index is 13.9. The second kappa shape index (κ2) is 44.2. The number of nitrogens with two attached hydrogens (primary N) is 1. The molecule has 4 aliphatic rings. The molecule has 3 amide bonds. The van der Waals surface area contributed by atoms with Gasteiger partial charge in [0.05, 0.1) is 67.5 Å². The van der Waals surface area contributed by atoms with Gasteiger partial charge in [-0.05, 0) is 193 Å². The van der Waals surface area contributed by atoms with Gasteiger partial charge in [0.1, 0.15) is 47.0 Å². The van der Waals surface area contributed by atoms with E-state index in [9.17, 15) is 62.4 Å². The fraction of sp³-hybridized carbons (Fsp3) is 0.641. The van der Waals surface area contributed by atoms with Crippen LogP contribution in [0.3, 0.4) is 0 Å². The zero-order valence-corrected chi connectivity index (χ0v) is 59.4. The molecule has 0 spiro atoms. The number of benzene rings is 3. The Bertz CT molecular complexity index is 3080. The summed E-state index contributed by atoms with van der Waals surface area (Å²) < 4.78 is 137. The number of amides is 3. The lowest BCUT2D eigenvalue weighted by Gasteiger charge is -2.15. The average molecular weight is 1420 g/mol. The Balaban J connectivity index is 0.000000647. The third kappa shape index (κ3) is 38.1. The lowest BCUT2D eigenvalue weighted by molar-refractivity contribution is -0.148. The van der Waals surface area contributed by atoms with E-state index < -0.39 is 53.1 Å². The number of carbonyl (C=O) groups is 5. The Morgan fingerprint density at radius 1 is 0.598 bits per heavy atom. The summed E-state index contributed by atoms with van der Waals surface area (Å²) in [4.78, 5) is 54.1. The highest BCUT2D eigenvalue weighted by atomic mass is 32.2. The number of halogens is 3. The van der Waals surface area contributed by atoms with Crippen LogP contribution < -0.4 is 30.6 Å². The number of nitrogens with zero attached hydrogens (tertiary/aromatic N) is 1. The van der Waals surface area contributed by atoms with E-state index in [0.717, 1.165) is 51.4 Å². The van der Waals surface area contributed by atoms with E-state index in [1.165, 1.54) is 61.1 Å². The molecule has 3 aromatic rings. The summed E-state index contributed by atoms with van der Waals surface area (Å²) in [6, 6.07) is 13.1. The van der Waals surface area contributed by atoms with Crippen molar-refractivity contribution in [1.82, 2.24) is 15.5 Å². The van der Waals surface area contributed by atoms with E-state index >= 15 is 0 Å². The summed E-state index contributed by atoms with van der Waals surface area (Å²) in [6.07, 6.45) is 13.3. The summed E-state index contributed by atoms with van der Waals surface area (Å²) in [5.74, 6) is 0.321. The molecule has 7 rings (SSSR count). The van der Waals surface area contributed by atoms with Crippen LogP contribution in [0.15, 0.2) is 54.6 Å². The monoisotopic (exact) mass is 1410 g/mol. The van der Waals surface area contributed by atoms with Gasteiger partial charge in [0.15, 0.2) is 29.5 Å². The van der Waals surface area contributed by atoms with E-state index in [0.29, 0.717) is 130 Å². The number of nitrogens with one attached hydrogen (secondary N) is 2. The first-order valence-corrected chi connectivity index (χ1v) is 36.7. The molecule has 0 bridgehead atoms. The van der Waals surface area contributed by atoms with Crippen LogP contribution in [-0.4, -0.2) is 154 Å². The Morgan fingerprint density at radius 2 is 0.967 bits per heavy atom. The molecule has 92 heavy (non-hydrogen) atoms. The highest BCUT2D eigenvalue weighted by molar-refractivity contribution is 7.91. The minimum Gasteiger partial charge on any atom is -0.493 e. The van der Waals surface area contributed by atoms with Gasteiger partial charge in [-0.15, -0.1) is 0 Å². The number of urea groups is 1. The summed E-state index contributed by atoms with van der Waals surface area (Å²) in [7, 11) is -9.67. The molecule has 4 N–H and O–H groups in total. The lowest BCUT2D eigenvalue weighted by atomic mass is 10.0. The summed E-state index contributed by atoms with van der Waals surface area (Å²) in [5.41, 5.74) is 7.36. The van der Waals surface area contributed by atoms with Gasteiger partial charge in [-0.25, -0.2) is 48.0 Å². The Kier molecular flexibility index (Phi) is 41.1. The van der Waals surface area contributed by atoms with Crippen LogP contribution in [0.4, 0.5) is 18.0 Å². The van der Waals surface area contributed by atoms with Crippen molar-refractivity contribution in [2.45, 2.75) is 149 Å². The van der Waals surface area contributed by atoms with Crippen LogP contribution in [-0.2, 0) is 53.4 Å². The first-order chi connectivity index (χ1) is 42.2. The minimum atomic E-state index is -3.30. The number of aldehydes is 1. The number of hydrogen-bond acceptors (Lipinski definition) is 17. The van der Waals surface area contributed by atoms with Gasteiger partial charge >= 0.3 is 12.0 Å². The fourth-order valence-corrected chi connectivity index (χ4v) is 14.6. The number of Topliss-reactive ketones (excluding diaryl/α,β-unsaturated/α-hetero) is 1. The minimum absolute atomic E-state index is 0. The van der Waals surface area contributed by atoms with Crippen LogP contribution >= 0.6 is 40.5 Å². The topological polar surface area (TPSA) is 278 Å².